The highest BCUT2D eigenvalue weighted by molar-refractivity contribution is 14.1. The molecule has 0 unspecified atom stereocenters. The Hall–Kier alpha value is 0.1000. The van der Waals surface area contributed by atoms with E-state index in [0.29, 0.717) is 5.56 Å². The van der Waals surface area contributed by atoms with E-state index in [9.17, 15) is 4.39 Å². The first-order valence-corrected chi connectivity index (χ1v) is 4.22. The summed E-state index contributed by atoms with van der Waals surface area (Å²) in [5.74, 6) is -0.292. The van der Waals surface area contributed by atoms with Gasteiger partial charge in [0.2, 0.25) is 5.95 Å². The Labute approximate surface area is 76.7 Å². The summed E-state index contributed by atoms with van der Waals surface area (Å²) in [7, 11) is 0. The van der Waals surface area contributed by atoms with Gasteiger partial charge >= 0.3 is 0 Å². The van der Waals surface area contributed by atoms with Crippen LogP contribution in [0.1, 0.15) is 5.56 Å². The van der Waals surface area contributed by atoms with Gasteiger partial charge in [-0.15, -0.1) is 11.6 Å². The Balaban J connectivity index is 3.17. The zero-order chi connectivity index (χ0) is 7.56. The minimum Gasteiger partial charge on any atom is -0.228 e. The molecule has 0 aromatic carbocycles. The van der Waals surface area contributed by atoms with Gasteiger partial charge in [-0.05, 0) is 28.7 Å². The van der Waals surface area contributed by atoms with E-state index in [1.807, 2.05) is 22.6 Å². The summed E-state index contributed by atoms with van der Waals surface area (Å²) in [6.07, 6.45) is 1.42. The van der Waals surface area contributed by atoms with Gasteiger partial charge < -0.3 is 0 Å². The summed E-state index contributed by atoms with van der Waals surface area (Å²) >= 11 is 7.47. The first kappa shape index (κ1) is 8.20. The van der Waals surface area contributed by atoms with Crippen LogP contribution in [0.2, 0.25) is 0 Å². The smallest absolute Gasteiger partial charge is 0.218 e. The lowest BCUT2D eigenvalue weighted by molar-refractivity contribution is 0.571. The van der Waals surface area contributed by atoms with Crippen molar-refractivity contribution in [3.63, 3.8) is 0 Å². The fourth-order valence-electron chi connectivity index (χ4n) is 0.564. The van der Waals surface area contributed by atoms with Gasteiger partial charge in [0.25, 0.3) is 0 Å². The number of hydrogen-bond donors (Lipinski definition) is 0. The molecule has 0 N–H and O–H groups in total. The summed E-state index contributed by atoms with van der Waals surface area (Å²) in [4.78, 5) is 3.45. The zero-order valence-corrected chi connectivity index (χ0v) is 7.86. The molecular formula is C6H4ClFIN. The van der Waals surface area contributed by atoms with Gasteiger partial charge in [-0.3, -0.25) is 0 Å². The molecule has 0 saturated heterocycles. The Morgan fingerprint density at radius 1 is 1.70 bits per heavy atom. The number of aromatic nitrogens is 1. The largest absolute Gasteiger partial charge is 0.228 e. The zero-order valence-electron chi connectivity index (χ0n) is 4.94. The van der Waals surface area contributed by atoms with Crippen LogP contribution in [0.5, 0.6) is 0 Å². The van der Waals surface area contributed by atoms with Crippen LogP contribution < -0.4 is 0 Å². The molecule has 0 radical (unpaired) electrons. The second kappa shape index (κ2) is 3.48. The molecule has 1 aromatic rings. The lowest BCUT2D eigenvalue weighted by Gasteiger charge is -1.98. The highest BCUT2D eigenvalue weighted by atomic mass is 127. The molecule has 0 saturated carbocycles. The number of rotatable bonds is 1. The van der Waals surface area contributed by atoms with Crippen molar-refractivity contribution in [2.75, 3.05) is 0 Å². The van der Waals surface area contributed by atoms with E-state index in [1.165, 1.54) is 6.20 Å². The van der Waals surface area contributed by atoms with Gasteiger partial charge in [0, 0.05) is 15.3 Å². The second-order valence-corrected chi connectivity index (χ2v) is 3.13. The summed E-state index contributed by atoms with van der Waals surface area (Å²) in [5, 5.41) is 0. The van der Waals surface area contributed by atoms with Crippen molar-refractivity contribution >= 4 is 34.2 Å². The average Bonchev–Trinajstić information content (AvgIpc) is 1.88. The van der Waals surface area contributed by atoms with Crippen LogP contribution in [0.3, 0.4) is 0 Å². The third-order valence-electron chi connectivity index (χ3n) is 1.08. The van der Waals surface area contributed by atoms with Crippen molar-refractivity contribution in [2.45, 2.75) is 5.88 Å². The summed E-state index contributed by atoms with van der Waals surface area (Å²) in [5.41, 5.74) is 0.477. The highest BCUT2D eigenvalue weighted by Gasteiger charge is 2.04. The van der Waals surface area contributed by atoms with Gasteiger partial charge in [0.15, 0.2) is 0 Å². The number of hydrogen-bond acceptors (Lipinski definition) is 1. The lowest BCUT2D eigenvalue weighted by Crippen LogP contribution is -1.93. The molecule has 4 heteroatoms. The third-order valence-corrected chi connectivity index (χ3v) is 2.36. The van der Waals surface area contributed by atoms with Crippen molar-refractivity contribution in [1.82, 2.24) is 4.98 Å². The average molecular weight is 271 g/mol. The van der Waals surface area contributed by atoms with Gasteiger partial charge in [-0.25, -0.2) is 4.98 Å². The highest BCUT2D eigenvalue weighted by Crippen LogP contribution is 2.15. The predicted octanol–water partition coefficient (Wildman–Crippen LogP) is 2.56. The van der Waals surface area contributed by atoms with Crippen LogP contribution in [0, 0.1) is 9.52 Å². The van der Waals surface area contributed by atoms with Gasteiger partial charge in [-0.2, -0.15) is 4.39 Å². The minimum atomic E-state index is -0.470. The first-order chi connectivity index (χ1) is 4.75. The normalized spacial score (nSPS) is 9.90. The lowest BCUT2D eigenvalue weighted by atomic mass is 10.3. The Morgan fingerprint density at radius 3 is 2.80 bits per heavy atom. The van der Waals surface area contributed by atoms with Gasteiger partial charge in [0.1, 0.15) is 0 Å². The van der Waals surface area contributed by atoms with Crippen LogP contribution in [0.15, 0.2) is 12.3 Å². The number of alkyl halides is 1. The predicted molar refractivity (Wildman–Crippen MR) is 46.5 cm³/mol. The second-order valence-electron chi connectivity index (χ2n) is 1.70. The standard InChI is InChI=1S/C6H4ClFIN/c7-3-4-5(9)1-2-10-6(4)8/h1-2H,3H2. The van der Waals surface area contributed by atoms with Crippen molar-refractivity contribution in [2.24, 2.45) is 0 Å². The molecule has 10 heavy (non-hydrogen) atoms. The van der Waals surface area contributed by atoms with E-state index in [0.717, 1.165) is 3.57 Å². The maximum absolute atomic E-state index is 12.7. The Kier molecular flexibility index (Phi) is 2.85. The number of halogens is 3. The monoisotopic (exact) mass is 271 g/mol. The molecule has 1 aromatic heterocycles. The first-order valence-electron chi connectivity index (χ1n) is 2.60. The SMILES string of the molecule is Fc1nccc(I)c1CCl. The van der Waals surface area contributed by atoms with Crippen LogP contribution in [-0.2, 0) is 5.88 Å². The van der Waals surface area contributed by atoms with E-state index in [1.54, 1.807) is 6.07 Å². The maximum Gasteiger partial charge on any atom is 0.218 e. The minimum absolute atomic E-state index is 0.179. The van der Waals surface area contributed by atoms with Crippen LogP contribution in [0.4, 0.5) is 4.39 Å². The maximum atomic E-state index is 12.7. The van der Waals surface area contributed by atoms with Crippen LogP contribution in [0.25, 0.3) is 0 Å². The van der Waals surface area contributed by atoms with Crippen molar-refractivity contribution in [3.8, 4) is 0 Å². The molecule has 1 heterocycles. The van der Waals surface area contributed by atoms with Gasteiger partial charge in [-0.1, -0.05) is 0 Å². The fraction of sp³-hybridized carbons (Fsp3) is 0.167. The Bertz CT molecular complexity index is 221. The Morgan fingerprint density at radius 2 is 2.40 bits per heavy atom. The molecule has 0 atom stereocenters. The van der Waals surface area contributed by atoms with E-state index in [-0.39, 0.29) is 5.88 Å². The van der Waals surface area contributed by atoms with Crippen molar-refractivity contribution < 1.29 is 4.39 Å². The number of nitrogens with zero attached hydrogens (tertiary/aromatic N) is 1. The summed E-state index contributed by atoms with van der Waals surface area (Å²) in [6.45, 7) is 0. The quantitative estimate of drug-likeness (QED) is 0.435. The van der Waals surface area contributed by atoms with E-state index >= 15 is 0 Å². The number of pyridine rings is 1. The summed E-state index contributed by atoms with van der Waals surface area (Å²) < 4.78 is 13.5. The molecular weight excluding hydrogens is 267 g/mol. The van der Waals surface area contributed by atoms with Crippen LogP contribution >= 0.6 is 34.2 Å². The van der Waals surface area contributed by atoms with Crippen molar-refractivity contribution in [1.29, 1.82) is 0 Å². The van der Waals surface area contributed by atoms with E-state index in [4.69, 9.17) is 11.6 Å². The van der Waals surface area contributed by atoms with Crippen LogP contribution in [-0.4, -0.2) is 4.98 Å². The molecule has 0 aliphatic rings. The van der Waals surface area contributed by atoms with E-state index in [2.05, 4.69) is 4.98 Å². The molecule has 0 amide bonds. The molecule has 0 aliphatic heterocycles. The molecule has 1 rings (SSSR count). The van der Waals surface area contributed by atoms with Gasteiger partial charge in [0.05, 0.1) is 5.88 Å². The molecule has 0 aliphatic carbocycles. The topological polar surface area (TPSA) is 12.9 Å². The summed E-state index contributed by atoms with van der Waals surface area (Å²) in [6, 6.07) is 1.72. The molecule has 54 valence electrons. The molecule has 0 spiro atoms. The third kappa shape index (κ3) is 1.58. The molecule has 0 bridgehead atoms. The van der Waals surface area contributed by atoms with E-state index < -0.39 is 5.95 Å². The fourth-order valence-corrected chi connectivity index (χ4v) is 1.62. The van der Waals surface area contributed by atoms with Crippen molar-refractivity contribution in [3.05, 3.63) is 27.3 Å². The molecule has 0 fully saturated rings. The molecule has 1 nitrogen and oxygen atoms in total.